The highest BCUT2D eigenvalue weighted by atomic mass is 32.2. The average Bonchev–Trinajstić information content (AvgIpc) is 3.17. The molecule has 1 aromatic heterocycles. The van der Waals surface area contributed by atoms with Crippen LogP contribution in [0.3, 0.4) is 0 Å². The van der Waals surface area contributed by atoms with Gasteiger partial charge >= 0.3 is 6.03 Å². The van der Waals surface area contributed by atoms with Gasteiger partial charge in [0.05, 0.1) is 6.61 Å². The van der Waals surface area contributed by atoms with Crippen LogP contribution in [0.1, 0.15) is 31.2 Å². The molecule has 2 rings (SSSR count). The molecule has 0 aliphatic heterocycles. The van der Waals surface area contributed by atoms with Crippen molar-refractivity contribution < 1.29 is 17.9 Å². The molecule has 0 fully saturated rings. The number of thiocarbonyl (C=S) groups is 1. The zero-order valence-corrected chi connectivity index (χ0v) is 18.5. The van der Waals surface area contributed by atoms with Crippen LogP contribution in [-0.2, 0) is 15.4 Å². The SMILES string of the molecule is CCOc1ccc(C(C)(C)c2cccs2)cc1S(=O)(=O)N(C(N)=O)C(=S)NC. The second-order valence-corrected chi connectivity index (χ2v) is 9.45. The second-order valence-electron chi connectivity index (χ2n) is 6.36. The molecule has 0 saturated heterocycles. The molecule has 1 heterocycles. The molecule has 0 bridgehead atoms. The van der Waals surface area contributed by atoms with Crippen molar-refractivity contribution in [3.05, 3.63) is 46.2 Å². The van der Waals surface area contributed by atoms with Crippen molar-refractivity contribution in [2.24, 2.45) is 5.73 Å². The van der Waals surface area contributed by atoms with Crippen molar-refractivity contribution in [3.63, 3.8) is 0 Å². The number of nitrogens with two attached hydrogens (primary N) is 1. The number of hydrogen-bond acceptors (Lipinski definition) is 6. The second kappa shape index (κ2) is 8.46. The third-order valence-electron chi connectivity index (χ3n) is 4.22. The number of primary amides is 1. The van der Waals surface area contributed by atoms with Crippen LogP contribution in [0, 0.1) is 0 Å². The fourth-order valence-corrected chi connectivity index (χ4v) is 5.34. The smallest absolute Gasteiger partial charge is 0.335 e. The Kier molecular flexibility index (Phi) is 6.68. The maximum Gasteiger partial charge on any atom is 0.335 e. The molecule has 2 amide bonds. The Balaban J connectivity index is 2.70. The summed E-state index contributed by atoms with van der Waals surface area (Å²) in [6, 6.07) is 7.63. The zero-order chi connectivity index (χ0) is 21.1. The Hall–Kier alpha value is -2.17. The van der Waals surface area contributed by atoms with E-state index < -0.39 is 21.5 Å². The van der Waals surface area contributed by atoms with E-state index in [1.807, 2.05) is 37.4 Å². The molecule has 3 N–H and O–H groups in total. The van der Waals surface area contributed by atoms with Crippen LogP contribution >= 0.6 is 23.6 Å². The first-order valence-electron chi connectivity index (χ1n) is 8.45. The molecular formula is C18H23N3O4S3. The number of hydrogen-bond donors (Lipinski definition) is 2. The minimum atomic E-state index is -4.38. The summed E-state index contributed by atoms with van der Waals surface area (Å²) >= 11 is 6.55. The Bertz CT molecular complexity index is 970. The summed E-state index contributed by atoms with van der Waals surface area (Å²) in [5.74, 6) is 0.124. The molecule has 0 spiro atoms. The van der Waals surface area contributed by atoms with Crippen molar-refractivity contribution in [2.75, 3.05) is 13.7 Å². The summed E-state index contributed by atoms with van der Waals surface area (Å²) in [4.78, 5) is 12.8. The normalized spacial score (nSPS) is 11.7. The lowest BCUT2D eigenvalue weighted by Crippen LogP contribution is -2.48. The number of benzene rings is 1. The number of ether oxygens (including phenoxy) is 1. The van der Waals surface area contributed by atoms with Gasteiger partial charge in [-0.2, -0.15) is 4.31 Å². The van der Waals surface area contributed by atoms with Gasteiger partial charge in [-0.3, -0.25) is 0 Å². The first-order valence-corrected chi connectivity index (χ1v) is 11.2. The van der Waals surface area contributed by atoms with Crippen LogP contribution in [0.15, 0.2) is 40.6 Å². The van der Waals surface area contributed by atoms with E-state index in [2.05, 4.69) is 5.32 Å². The van der Waals surface area contributed by atoms with Gasteiger partial charge in [-0.05, 0) is 48.3 Å². The van der Waals surface area contributed by atoms with Crippen molar-refractivity contribution >= 4 is 44.7 Å². The molecule has 0 radical (unpaired) electrons. The van der Waals surface area contributed by atoms with E-state index in [1.165, 1.54) is 13.1 Å². The van der Waals surface area contributed by atoms with Crippen LogP contribution in [0.5, 0.6) is 5.75 Å². The van der Waals surface area contributed by atoms with Gasteiger partial charge in [0.2, 0.25) is 0 Å². The highest BCUT2D eigenvalue weighted by Crippen LogP contribution is 2.38. The standard InChI is InChI=1S/C18H23N3O4S3/c1-5-25-13-9-8-12(18(2,3)15-7-6-10-27-15)11-14(13)28(23,24)21(16(19)22)17(26)20-4/h6-11H,5H2,1-4H3,(H2,19,22)(H,20,26). The number of urea groups is 1. The topological polar surface area (TPSA) is 102 Å². The molecule has 0 unspecified atom stereocenters. The molecular weight excluding hydrogens is 418 g/mol. The first-order chi connectivity index (χ1) is 13.1. The average molecular weight is 442 g/mol. The monoisotopic (exact) mass is 441 g/mol. The van der Waals surface area contributed by atoms with Crippen LogP contribution in [0.2, 0.25) is 0 Å². The number of nitrogens with one attached hydrogen (secondary N) is 1. The highest BCUT2D eigenvalue weighted by Gasteiger charge is 2.35. The molecule has 0 aliphatic rings. The molecule has 0 saturated carbocycles. The highest BCUT2D eigenvalue weighted by molar-refractivity contribution is 7.92. The summed E-state index contributed by atoms with van der Waals surface area (Å²) < 4.78 is 32.4. The van der Waals surface area contributed by atoms with E-state index >= 15 is 0 Å². The van der Waals surface area contributed by atoms with E-state index in [1.54, 1.807) is 24.3 Å². The number of rotatable bonds is 6. The Morgan fingerprint density at radius 3 is 2.54 bits per heavy atom. The minimum Gasteiger partial charge on any atom is -0.492 e. The number of amides is 2. The molecule has 10 heteroatoms. The van der Waals surface area contributed by atoms with Crippen molar-refractivity contribution in [1.82, 2.24) is 9.62 Å². The van der Waals surface area contributed by atoms with Gasteiger partial charge in [-0.1, -0.05) is 26.0 Å². The van der Waals surface area contributed by atoms with E-state index in [4.69, 9.17) is 22.7 Å². The summed E-state index contributed by atoms with van der Waals surface area (Å²) in [5.41, 5.74) is 5.60. The lowest BCUT2D eigenvalue weighted by molar-refractivity contribution is 0.242. The third-order valence-corrected chi connectivity index (χ3v) is 7.63. The Labute approximate surface area is 174 Å². The van der Waals surface area contributed by atoms with E-state index in [0.29, 0.717) is 4.31 Å². The predicted molar refractivity (Wildman–Crippen MR) is 114 cm³/mol. The quantitative estimate of drug-likeness (QED) is 0.668. The molecule has 28 heavy (non-hydrogen) atoms. The third kappa shape index (κ3) is 4.13. The van der Waals surface area contributed by atoms with Gasteiger partial charge in [-0.25, -0.2) is 13.2 Å². The van der Waals surface area contributed by atoms with E-state index in [0.717, 1.165) is 10.4 Å². The van der Waals surface area contributed by atoms with Gasteiger partial charge in [0, 0.05) is 17.3 Å². The van der Waals surface area contributed by atoms with Crippen LogP contribution in [-0.4, -0.2) is 37.5 Å². The van der Waals surface area contributed by atoms with Gasteiger partial charge in [0.25, 0.3) is 10.0 Å². The molecule has 152 valence electrons. The van der Waals surface area contributed by atoms with Gasteiger partial charge in [0.1, 0.15) is 10.6 Å². The van der Waals surface area contributed by atoms with Crippen molar-refractivity contribution in [2.45, 2.75) is 31.1 Å². The van der Waals surface area contributed by atoms with Crippen molar-refractivity contribution in [3.8, 4) is 5.75 Å². The minimum absolute atomic E-state index is 0.124. The largest absolute Gasteiger partial charge is 0.492 e. The van der Waals surface area contributed by atoms with Crippen LogP contribution < -0.4 is 15.8 Å². The predicted octanol–water partition coefficient (Wildman–Crippen LogP) is 3.05. The van der Waals surface area contributed by atoms with E-state index in [-0.39, 0.29) is 22.4 Å². The fourth-order valence-electron chi connectivity index (χ4n) is 2.68. The Morgan fingerprint density at radius 2 is 2.04 bits per heavy atom. The van der Waals surface area contributed by atoms with E-state index in [9.17, 15) is 13.2 Å². The molecule has 7 nitrogen and oxygen atoms in total. The summed E-state index contributed by atoms with van der Waals surface area (Å²) in [7, 11) is -2.97. The van der Waals surface area contributed by atoms with Gasteiger partial charge in [-0.15, -0.1) is 11.3 Å². The number of sulfonamides is 1. The van der Waals surface area contributed by atoms with Gasteiger partial charge in [0.15, 0.2) is 5.11 Å². The lowest BCUT2D eigenvalue weighted by Gasteiger charge is -2.27. The zero-order valence-electron chi connectivity index (χ0n) is 16.1. The fraction of sp³-hybridized carbons (Fsp3) is 0.333. The molecule has 0 aliphatic carbocycles. The summed E-state index contributed by atoms with van der Waals surface area (Å²) in [6.07, 6.45) is 0. The number of nitrogens with zero attached hydrogens (tertiary/aromatic N) is 1. The van der Waals surface area contributed by atoms with Crippen LogP contribution in [0.25, 0.3) is 0 Å². The molecule has 0 atom stereocenters. The maximum atomic E-state index is 13.3. The number of carbonyl (C=O) groups is 1. The maximum absolute atomic E-state index is 13.3. The Morgan fingerprint density at radius 1 is 1.36 bits per heavy atom. The summed E-state index contributed by atoms with van der Waals surface area (Å²) in [6.45, 7) is 5.98. The van der Waals surface area contributed by atoms with Crippen LogP contribution in [0.4, 0.5) is 4.79 Å². The molecule has 2 aromatic rings. The first kappa shape index (κ1) is 22.1. The molecule has 1 aromatic carbocycles. The van der Waals surface area contributed by atoms with Gasteiger partial charge < -0.3 is 15.8 Å². The number of thiophene rings is 1. The van der Waals surface area contributed by atoms with Crippen molar-refractivity contribution in [1.29, 1.82) is 0 Å². The summed E-state index contributed by atoms with van der Waals surface area (Å²) in [5, 5.41) is 4.12. The number of carbonyl (C=O) groups excluding carboxylic acids is 1. The lowest BCUT2D eigenvalue weighted by atomic mass is 9.83.